The third kappa shape index (κ3) is 3.23. The van der Waals surface area contributed by atoms with Gasteiger partial charge in [-0.15, -0.1) is 0 Å². The molecule has 1 unspecified atom stereocenters. The third-order valence-electron chi connectivity index (χ3n) is 3.22. The van der Waals surface area contributed by atoms with Crippen LogP contribution in [0.25, 0.3) is 0 Å². The van der Waals surface area contributed by atoms with E-state index in [9.17, 15) is 14.9 Å². The maximum atomic E-state index is 11.0. The molecule has 0 amide bonds. The van der Waals surface area contributed by atoms with Crippen LogP contribution >= 0.6 is 15.9 Å². The molecule has 1 atom stereocenters. The number of hydrogen-bond donors (Lipinski definition) is 1. The topological polar surface area (TPSA) is 83.7 Å². The zero-order valence-electron chi connectivity index (χ0n) is 10.1. The summed E-state index contributed by atoms with van der Waals surface area (Å²) in [5, 5.41) is 19.8. The molecular formula is C12H13BrN2O4. The third-order valence-corrected chi connectivity index (χ3v) is 3.72. The lowest BCUT2D eigenvalue weighted by molar-refractivity contribution is -0.384. The number of carbonyl (C=O) groups is 1. The highest BCUT2D eigenvalue weighted by Crippen LogP contribution is 2.35. The zero-order valence-corrected chi connectivity index (χ0v) is 11.7. The van der Waals surface area contributed by atoms with E-state index in [1.807, 2.05) is 4.90 Å². The number of rotatable bonds is 4. The van der Waals surface area contributed by atoms with Crippen LogP contribution in [0.1, 0.15) is 12.8 Å². The van der Waals surface area contributed by atoms with Gasteiger partial charge in [-0.2, -0.15) is 0 Å². The van der Waals surface area contributed by atoms with Crippen LogP contribution in [-0.2, 0) is 4.79 Å². The summed E-state index contributed by atoms with van der Waals surface area (Å²) in [6.45, 7) is 1.19. The minimum atomic E-state index is -0.824. The largest absolute Gasteiger partial charge is 0.481 e. The number of anilines is 1. The van der Waals surface area contributed by atoms with Gasteiger partial charge in [0.25, 0.3) is 5.69 Å². The number of carboxylic acids is 1. The van der Waals surface area contributed by atoms with Crippen LogP contribution in [0.3, 0.4) is 0 Å². The van der Waals surface area contributed by atoms with Crippen molar-refractivity contribution in [1.82, 2.24) is 0 Å². The lowest BCUT2D eigenvalue weighted by atomic mass is 10.1. The molecule has 6 nitrogen and oxygen atoms in total. The van der Waals surface area contributed by atoms with Gasteiger partial charge in [-0.05, 0) is 24.5 Å². The number of benzene rings is 1. The van der Waals surface area contributed by atoms with Crippen LogP contribution in [-0.4, -0.2) is 29.1 Å². The second-order valence-electron chi connectivity index (χ2n) is 4.59. The second-order valence-corrected chi connectivity index (χ2v) is 5.50. The number of carboxylic acid groups (broad SMARTS) is 1. The summed E-state index contributed by atoms with van der Waals surface area (Å²) < 4.78 is 0.773. The Morgan fingerprint density at radius 3 is 2.95 bits per heavy atom. The maximum absolute atomic E-state index is 11.0. The van der Waals surface area contributed by atoms with Gasteiger partial charge in [0.1, 0.15) is 5.69 Å². The Bertz CT molecular complexity index is 520. The standard InChI is InChI=1S/C12H13BrN2O4/c13-9-1-2-10(15(18)19)11(6-9)14-4-3-8(7-14)5-12(16)17/h1-2,6,8H,3-5,7H2,(H,16,17). The fourth-order valence-corrected chi connectivity index (χ4v) is 2.72. The van der Waals surface area contributed by atoms with Crippen LogP contribution in [0.5, 0.6) is 0 Å². The van der Waals surface area contributed by atoms with Gasteiger partial charge in [0.2, 0.25) is 0 Å². The van der Waals surface area contributed by atoms with Crippen molar-refractivity contribution >= 4 is 33.3 Å². The van der Waals surface area contributed by atoms with Gasteiger partial charge in [0.15, 0.2) is 0 Å². The predicted molar refractivity (Wildman–Crippen MR) is 73.4 cm³/mol. The first-order valence-corrected chi connectivity index (χ1v) is 6.67. The fraction of sp³-hybridized carbons (Fsp3) is 0.417. The van der Waals surface area contributed by atoms with Crippen molar-refractivity contribution in [1.29, 1.82) is 0 Å². The summed E-state index contributed by atoms with van der Waals surface area (Å²) in [6, 6.07) is 4.80. The molecular weight excluding hydrogens is 316 g/mol. The van der Waals surface area contributed by atoms with Gasteiger partial charge in [0, 0.05) is 30.0 Å². The number of nitrogens with zero attached hydrogens (tertiary/aromatic N) is 2. The van der Waals surface area contributed by atoms with E-state index >= 15 is 0 Å². The molecule has 0 radical (unpaired) electrons. The summed E-state index contributed by atoms with van der Waals surface area (Å²) in [4.78, 5) is 23.2. The summed E-state index contributed by atoms with van der Waals surface area (Å²) in [5.74, 6) is -0.772. The SMILES string of the molecule is O=C(O)CC1CCN(c2cc(Br)ccc2[N+](=O)[O-])C1. The molecule has 102 valence electrons. The second kappa shape index (κ2) is 5.56. The molecule has 0 aliphatic carbocycles. The molecule has 1 aromatic carbocycles. The Hall–Kier alpha value is -1.63. The molecule has 0 bridgehead atoms. The van der Waals surface area contributed by atoms with Gasteiger partial charge in [-0.25, -0.2) is 0 Å². The number of nitro groups is 1. The molecule has 19 heavy (non-hydrogen) atoms. The van der Waals surface area contributed by atoms with Crippen molar-refractivity contribution in [3.63, 3.8) is 0 Å². The van der Waals surface area contributed by atoms with Gasteiger partial charge in [-0.3, -0.25) is 14.9 Å². The van der Waals surface area contributed by atoms with Crippen molar-refractivity contribution < 1.29 is 14.8 Å². The molecule has 1 aliphatic heterocycles. The predicted octanol–water partition coefficient (Wildman–Crippen LogP) is 2.66. The van der Waals surface area contributed by atoms with Gasteiger partial charge in [-0.1, -0.05) is 15.9 Å². The minimum Gasteiger partial charge on any atom is -0.481 e. The molecule has 0 aromatic heterocycles. The van der Waals surface area contributed by atoms with E-state index < -0.39 is 10.9 Å². The summed E-state index contributed by atoms with van der Waals surface area (Å²) in [6.07, 6.45) is 0.855. The minimum absolute atomic E-state index is 0.0519. The summed E-state index contributed by atoms with van der Waals surface area (Å²) in [5.41, 5.74) is 0.603. The molecule has 0 spiro atoms. The molecule has 1 heterocycles. The summed E-state index contributed by atoms with van der Waals surface area (Å²) in [7, 11) is 0. The van der Waals surface area contributed by atoms with Crippen molar-refractivity contribution in [3.05, 3.63) is 32.8 Å². The highest BCUT2D eigenvalue weighted by atomic mass is 79.9. The van der Waals surface area contributed by atoms with Crippen LogP contribution < -0.4 is 4.90 Å². The Kier molecular flexibility index (Phi) is 4.04. The Labute approximate surface area is 118 Å². The quantitative estimate of drug-likeness (QED) is 0.678. The molecule has 1 fully saturated rings. The molecule has 2 rings (SSSR count). The number of halogens is 1. The van der Waals surface area contributed by atoms with Crippen molar-refractivity contribution in [3.8, 4) is 0 Å². The van der Waals surface area contributed by atoms with E-state index in [2.05, 4.69) is 15.9 Å². The molecule has 1 aromatic rings. The van der Waals surface area contributed by atoms with Crippen molar-refractivity contribution in [2.75, 3.05) is 18.0 Å². The van der Waals surface area contributed by atoms with E-state index in [0.717, 1.165) is 10.9 Å². The first-order valence-electron chi connectivity index (χ1n) is 5.88. The first kappa shape index (κ1) is 13.8. The summed E-state index contributed by atoms with van der Waals surface area (Å²) >= 11 is 3.30. The van der Waals surface area contributed by atoms with E-state index in [0.29, 0.717) is 18.8 Å². The number of nitro benzene ring substituents is 1. The molecule has 1 N–H and O–H groups in total. The zero-order chi connectivity index (χ0) is 14.0. The van der Waals surface area contributed by atoms with E-state index in [4.69, 9.17) is 5.11 Å². The Morgan fingerprint density at radius 1 is 1.58 bits per heavy atom. The number of aliphatic carboxylic acids is 1. The van der Waals surface area contributed by atoms with E-state index in [1.54, 1.807) is 12.1 Å². The molecule has 7 heteroatoms. The average Bonchev–Trinajstić information content (AvgIpc) is 2.75. The normalized spacial score (nSPS) is 18.6. The Morgan fingerprint density at radius 2 is 2.32 bits per heavy atom. The van der Waals surface area contributed by atoms with Gasteiger partial charge < -0.3 is 10.0 Å². The van der Waals surface area contributed by atoms with Crippen LogP contribution in [0.4, 0.5) is 11.4 Å². The molecule has 1 aliphatic rings. The maximum Gasteiger partial charge on any atom is 0.303 e. The van der Waals surface area contributed by atoms with Crippen molar-refractivity contribution in [2.24, 2.45) is 5.92 Å². The average molecular weight is 329 g/mol. The molecule has 1 saturated heterocycles. The van der Waals surface area contributed by atoms with E-state index in [-0.39, 0.29) is 18.0 Å². The van der Waals surface area contributed by atoms with E-state index in [1.165, 1.54) is 6.07 Å². The Balaban J connectivity index is 2.21. The van der Waals surface area contributed by atoms with Crippen LogP contribution in [0.15, 0.2) is 22.7 Å². The first-order chi connectivity index (χ1) is 8.97. The van der Waals surface area contributed by atoms with Crippen LogP contribution in [0, 0.1) is 16.0 Å². The molecule has 0 saturated carbocycles. The highest BCUT2D eigenvalue weighted by molar-refractivity contribution is 9.10. The highest BCUT2D eigenvalue weighted by Gasteiger charge is 2.28. The van der Waals surface area contributed by atoms with Crippen molar-refractivity contribution in [2.45, 2.75) is 12.8 Å². The van der Waals surface area contributed by atoms with Crippen LogP contribution in [0.2, 0.25) is 0 Å². The lowest BCUT2D eigenvalue weighted by Crippen LogP contribution is -2.21. The fourth-order valence-electron chi connectivity index (χ4n) is 2.37. The smallest absolute Gasteiger partial charge is 0.303 e. The number of hydrogen-bond acceptors (Lipinski definition) is 4. The van der Waals surface area contributed by atoms with Gasteiger partial charge in [0.05, 0.1) is 4.92 Å². The monoisotopic (exact) mass is 328 g/mol. The van der Waals surface area contributed by atoms with Gasteiger partial charge >= 0.3 is 5.97 Å². The lowest BCUT2D eigenvalue weighted by Gasteiger charge is -2.18.